The van der Waals surface area contributed by atoms with Gasteiger partial charge in [0.15, 0.2) is 0 Å². The van der Waals surface area contributed by atoms with E-state index in [2.05, 4.69) is 10.0 Å². The Balaban J connectivity index is 1.45. The molecule has 0 saturated heterocycles. The number of sulfonamides is 1. The Kier molecular flexibility index (Phi) is 6.11. The minimum absolute atomic E-state index is 0.00135. The van der Waals surface area contributed by atoms with Crippen molar-refractivity contribution in [1.29, 1.82) is 0 Å². The van der Waals surface area contributed by atoms with Gasteiger partial charge < -0.3 is 5.32 Å². The molecule has 2 aromatic rings. The molecule has 5 nitrogen and oxygen atoms in total. The van der Waals surface area contributed by atoms with Gasteiger partial charge in [-0.25, -0.2) is 13.1 Å². The van der Waals surface area contributed by atoms with Crippen LogP contribution < -0.4 is 10.0 Å². The molecule has 7 heteroatoms. The van der Waals surface area contributed by atoms with Gasteiger partial charge in [-0.2, -0.15) is 0 Å². The second kappa shape index (κ2) is 8.33. The van der Waals surface area contributed by atoms with Crippen LogP contribution >= 0.6 is 11.3 Å². The van der Waals surface area contributed by atoms with Crippen LogP contribution in [0.5, 0.6) is 0 Å². The molecule has 3 rings (SSSR count). The fourth-order valence-corrected chi connectivity index (χ4v) is 5.38. The second-order valence-electron chi connectivity index (χ2n) is 6.86. The number of nitrogens with one attached hydrogen (secondary N) is 2. The summed E-state index contributed by atoms with van der Waals surface area (Å²) in [6.45, 7) is 2.45. The van der Waals surface area contributed by atoms with E-state index in [9.17, 15) is 13.2 Å². The number of benzene rings is 1. The van der Waals surface area contributed by atoms with Gasteiger partial charge in [-0.3, -0.25) is 4.79 Å². The molecule has 0 bridgehead atoms. The highest BCUT2D eigenvalue weighted by Gasteiger charge is 2.27. The number of amides is 1. The van der Waals surface area contributed by atoms with Crippen LogP contribution in [0.25, 0.3) is 0 Å². The Hall–Kier alpha value is -1.70. The quantitative estimate of drug-likeness (QED) is 0.785. The standard InChI is InChI=1S/C19H24N2O3S2/c1-14-4-10-17(11-5-14)21-19(22)16-8-6-15(7-9-16)13-20-26(23,24)18-3-2-12-25-18/h2-5,10-12,15-16,20H,6-9,13H2,1H3,(H,21,22). The van der Waals surface area contributed by atoms with Crippen molar-refractivity contribution in [2.24, 2.45) is 11.8 Å². The highest BCUT2D eigenvalue weighted by Crippen LogP contribution is 2.30. The molecule has 2 N–H and O–H groups in total. The van der Waals surface area contributed by atoms with Gasteiger partial charge in [0.1, 0.15) is 4.21 Å². The van der Waals surface area contributed by atoms with E-state index >= 15 is 0 Å². The van der Waals surface area contributed by atoms with E-state index in [1.807, 2.05) is 31.2 Å². The van der Waals surface area contributed by atoms with Crippen LogP contribution in [-0.4, -0.2) is 20.9 Å². The largest absolute Gasteiger partial charge is 0.326 e. The number of carbonyl (C=O) groups is 1. The van der Waals surface area contributed by atoms with Crippen LogP contribution in [0, 0.1) is 18.8 Å². The lowest BCUT2D eigenvalue weighted by Gasteiger charge is -2.27. The van der Waals surface area contributed by atoms with Crippen LogP contribution in [0.15, 0.2) is 46.0 Å². The number of carbonyl (C=O) groups excluding carboxylic acids is 1. The SMILES string of the molecule is Cc1ccc(NC(=O)C2CCC(CNS(=O)(=O)c3cccs3)CC2)cc1. The predicted molar refractivity (Wildman–Crippen MR) is 105 cm³/mol. The van der Waals surface area contributed by atoms with E-state index in [1.54, 1.807) is 17.5 Å². The lowest BCUT2D eigenvalue weighted by Crippen LogP contribution is -2.33. The molecule has 1 amide bonds. The maximum atomic E-state index is 12.4. The molecule has 140 valence electrons. The number of aryl methyl sites for hydroxylation is 1. The van der Waals surface area contributed by atoms with Crippen LogP contribution in [0.4, 0.5) is 5.69 Å². The molecule has 0 atom stereocenters. The molecule has 0 aliphatic heterocycles. The first-order valence-electron chi connectivity index (χ1n) is 8.85. The van der Waals surface area contributed by atoms with E-state index in [-0.39, 0.29) is 17.7 Å². The molecule has 1 saturated carbocycles. The minimum atomic E-state index is -3.40. The minimum Gasteiger partial charge on any atom is -0.326 e. The molecular weight excluding hydrogens is 368 g/mol. The molecule has 0 unspecified atom stereocenters. The molecule has 26 heavy (non-hydrogen) atoms. The molecule has 0 spiro atoms. The van der Waals surface area contributed by atoms with Crippen molar-refractivity contribution < 1.29 is 13.2 Å². The Morgan fingerprint density at radius 2 is 1.81 bits per heavy atom. The van der Waals surface area contributed by atoms with Crippen molar-refractivity contribution in [1.82, 2.24) is 4.72 Å². The molecule has 1 aliphatic carbocycles. The summed E-state index contributed by atoms with van der Waals surface area (Å²) >= 11 is 1.22. The average Bonchev–Trinajstić information content (AvgIpc) is 3.18. The Labute approximate surface area is 158 Å². The zero-order valence-corrected chi connectivity index (χ0v) is 16.4. The van der Waals surface area contributed by atoms with Crippen LogP contribution in [0.1, 0.15) is 31.2 Å². The average molecular weight is 393 g/mol. The van der Waals surface area contributed by atoms with Gasteiger partial charge >= 0.3 is 0 Å². The highest BCUT2D eigenvalue weighted by molar-refractivity contribution is 7.91. The fraction of sp³-hybridized carbons (Fsp3) is 0.421. The van der Waals surface area contributed by atoms with Crippen molar-refractivity contribution in [3.05, 3.63) is 47.3 Å². The third-order valence-electron chi connectivity index (χ3n) is 4.86. The first-order chi connectivity index (χ1) is 12.4. The van der Waals surface area contributed by atoms with E-state index in [1.165, 1.54) is 11.3 Å². The Morgan fingerprint density at radius 1 is 1.12 bits per heavy atom. The van der Waals surface area contributed by atoms with Crippen molar-refractivity contribution in [2.45, 2.75) is 36.8 Å². The van der Waals surface area contributed by atoms with Gasteiger partial charge in [-0.15, -0.1) is 11.3 Å². The molecule has 1 fully saturated rings. The number of thiophene rings is 1. The predicted octanol–water partition coefficient (Wildman–Crippen LogP) is 3.78. The summed E-state index contributed by atoms with van der Waals surface area (Å²) in [4.78, 5) is 12.4. The smallest absolute Gasteiger partial charge is 0.250 e. The normalized spacial score (nSPS) is 20.7. The third-order valence-corrected chi connectivity index (χ3v) is 7.68. The van der Waals surface area contributed by atoms with E-state index < -0.39 is 10.0 Å². The Bertz CT molecular complexity index is 822. The summed E-state index contributed by atoms with van der Waals surface area (Å²) in [7, 11) is -3.40. The molecule has 1 aromatic heterocycles. The fourth-order valence-electron chi connectivity index (χ4n) is 3.23. The first kappa shape index (κ1) is 19.1. The molecule has 1 aliphatic rings. The van der Waals surface area contributed by atoms with Crippen molar-refractivity contribution in [3.8, 4) is 0 Å². The summed E-state index contributed by atoms with van der Waals surface area (Å²) in [6, 6.07) is 11.1. The van der Waals surface area contributed by atoms with Gasteiger partial charge in [-0.1, -0.05) is 23.8 Å². The van der Waals surface area contributed by atoms with Gasteiger partial charge in [0.2, 0.25) is 15.9 Å². The van der Waals surface area contributed by atoms with E-state index in [4.69, 9.17) is 0 Å². The lowest BCUT2D eigenvalue weighted by molar-refractivity contribution is -0.121. The maximum absolute atomic E-state index is 12.4. The van der Waals surface area contributed by atoms with Crippen LogP contribution in [0.2, 0.25) is 0 Å². The Morgan fingerprint density at radius 3 is 2.42 bits per heavy atom. The number of rotatable bonds is 6. The topological polar surface area (TPSA) is 75.3 Å². The van der Waals surface area contributed by atoms with Crippen molar-refractivity contribution >= 4 is 33.0 Å². The monoisotopic (exact) mass is 392 g/mol. The third kappa shape index (κ3) is 4.93. The molecule has 1 aromatic carbocycles. The lowest BCUT2D eigenvalue weighted by atomic mass is 9.81. The van der Waals surface area contributed by atoms with Gasteiger partial charge in [-0.05, 0) is 62.1 Å². The molecular formula is C19H24N2O3S2. The highest BCUT2D eigenvalue weighted by atomic mass is 32.2. The number of hydrogen-bond acceptors (Lipinski definition) is 4. The van der Waals surface area contributed by atoms with Crippen LogP contribution in [-0.2, 0) is 14.8 Å². The van der Waals surface area contributed by atoms with Crippen molar-refractivity contribution in [2.75, 3.05) is 11.9 Å². The summed E-state index contributed by atoms with van der Waals surface area (Å²) in [5.41, 5.74) is 1.99. The summed E-state index contributed by atoms with van der Waals surface area (Å²) in [6.07, 6.45) is 3.31. The summed E-state index contributed by atoms with van der Waals surface area (Å²) in [5.74, 6) is 0.348. The second-order valence-corrected chi connectivity index (χ2v) is 9.80. The van der Waals surface area contributed by atoms with Gasteiger partial charge in [0.05, 0.1) is 0 Å². The molecule has 0 radical (unpaired) electrons. The van der Waals surface area contributed by atoms with E-state index in [0.29, 0.717) is 10.8 Å². The van der Waals surface area contributed by atoms with Gasteiger partial charge in [0.25, 0.3) is 0 Å². The van der Waals surface area contributed by atoms with Gasteiger partial charge in [0, 0.05) is 18.2 Å². The first-order valence-corrected chi connectivity index (χ1v) is 11.2. The number of anilines is 1. The number of hydrogen-bond donors (Lipinski definition) is 2. The van der Waals surface area contributed by atoms with Crippen LogP contribution in [0.3, 0.4) is 0 Å². The maximum Gasteiger partial charge on any atom is 0.250 e. The zero-order valence-electron chi connectivity index (χ0n) is 14.8. The zero-order chi connectivity index (χ0) is 18.6. The van der Waals surface area contributed by atoms with Crippen molar-refractivity contribution in [3.63, 3.8) is 0 Å². The molecule has 1 heterocycles. The summed E-state index contributed by atoms with van der Waals surface area (Å²) in [5, 5.41) is 4.74. The summed E-state index contributed by atoms with van der Waals surface area (Å²) < 4.78 is 27.4. The van der Waals surface area contributed by atoms with E-state index in [0.717, 1.165) is 36.9 Å².